The van der Waals surface area contributed by atoms with E-state index in [1.807, 2.05) is 13.0 Å². The fourth-order valence-corrected chi connectivity index (χ4v) is 3.30. The monoisotopic (exact) mass is 430 g/mol. The van der Waals surface area contributed by atoms with Crippen LogP contribution in [0, 0.1) is 6.92 Å². The normalized spacial score (nSPS) is 11.3. The summed E-state index contributed by atoms with van der Waals surface area (Å²) < 4.78 is 7.65. The number of hydrogen-bond acceptors (Lipinski definition) is 5. The molecule has 3 rings (SSSR count). The van der Waals surface area contributed by atoms with Gasteiger partial charge in [0.2, 0.25) is 0 Å². The molecule has 0 spiro atoms. The maximum Gasteiger partial charge on any atom is 0.271 e. The molecule has 8 heteroatoms. The molecule has 0 atom stereocenters. The van der Waals surface area contributed by atoms with E-state index in [1.54, 1.807) is 24.3 Å². The number of phenols is 1. The molecule has 3 aromatic rings. The van der Waals surface area contributed by atoms with Gasteiger partial charge in [0.15, 0.2) is 11.5 Å². The summed E-state index contributed by atoms with van der Waals surface area (Å²) in [7, 11) is 1.46. The van der Waals surface area contributed by atoms with Crippen LogP contribution < -0.4 is 10.2 Å². The first-order chi connectivity index (χ1) is 12.9. The molecule has 1 aromatic heterocycles. The summed E-state index contributed by atoms with van der Waals surface area (Å²) in [6.45, 7) is 4.82. The third-order valence-corrected chi connectivity index (χ3v) is 4.77. The van der Waals surface area contributed by atoms with Gasteiger partial charge in [-0.15, -0.1) is 0 Å². The Bertz CT molecular complexity index is 1040. The number of amides is 1. The van der Waals surface area contributed by atoms with Crippen molar-refractivity contribution in [2.75, 3.05) is 7.11 Å². The average molecular weight is 431 g/mol. The number of aromatic hydroxyl groups is 1. The van der Waals surface area contributed by atoms with Gasteiger partial charge in [0.25, 0.3) is 5.91 Å². The number of hydrazone groups is 1. The lowest BCUT2D eigenvalue weighted by molar-refractivity contribution is 0.0955. The number of phenolic OH excluding ortho intramolecular Hbond substituents is 1. The van der Waals surface area contributed by atoms with Crippen LogP contribution in [-0.4, -0.2) is 33.9 Å². The van der Waals surface area contributed by atoms with Crippen molar-refractivity contribution in [1.82, 2.24) is 15.0 Å². The number of nitrogens with one attached hydrogen (secondary N) is 1. The quantitative estimate of drug-likeness (QED) is 0.477. The van der Waals surface area contributed by atoms with Crippen LogP contribution in [0.25, 0.3) is 11.0 Å². The van der Waals surface area contributed by atoms with E-state index < -0.39 is 0 Å². The SMILES string of the molecule is CCn1c(C)nc2cc(C(=O)N/N=C/c3cc(Br)c(O)c(OC)c3)ccc21. The molecule has 0 saturated heterocycles. The number of nitrogens with zero attached hydrogens (tertiary/aromatic N) is 3. The van der Waals surface area contributed by atoms with E-state index in [9.17, 15) is 9.90 Å². The zero-order chi connectivity index (χ0) is 19.6. The first kappa shape index (κ1) is 18.9. The van der Waals surface area contributed by atoms with Crippen LogP contribution in [0.15, 0.2) is 39.9 Å². The van der Waals surface area contributed by atoms with Gasteiger partial charge >= 0.3 is 0 Å². The van der Waals surface area contributed by atoms with E-state index >= 15 is 0 Å². The van der Waals surface area contributed by atoms with E-state index in [0.29, 0.717) is 21.3 Å². The van der Waals surface area contributed by atoms with Crippen LogP contribution in [-0.2, 0) is 6.54 Å². The van der Waals surface area contributed by atoms with Crippen molar-refractivity contribution in [3.8, 4) is 11.5 Å². The van der Waals surface area contributed by atoms with Gasteiger partial charge in [0, 0.05) is 12.1 Å². The number of rotatable bonds is 5. The summed E-state index contributed by atoms with van der Waals surface area (Å²) in [5.74, 6) is 0.898. The molecule has 0 bridgehead atoms. The molecule has 0 saturated carbocycles. The second-order valence-electron chi connectivity index (χ2n) is 5.86. The Labute approximate surface area is 164 Å². The van der Waals surface area contributed by atoms with Crippen molar-refractivity contribution in [2.45, 2.75) is 20.4 Å². The van der Waals surface area contributed by atoms with Crippen molar-refractivity contribution in [1.29, 1.82) is 0 Å². The molecule has 0 fully saturated rings. The summed E-state index contributed by atoms with van der Waals surface area (Å²) in [5.41, 5.74) is 5.40. The lowest BCUT2D eigenvalue weighted by Crippen LogP contribution is -2.17. The number of halogens is 1. The zero-order valence-corrected chi connectivity index (χ0v) is 16.7. The Hall–Kier alpha value is -2.87. The highest BCUT2D eigenvalue weighted by atomic mass is 79.9. The molecule has 27 heavy (non-hydrogen) atoms. The fraction of sp³-hybridized carbons (Fsp3) is 0.211. The molecular formula is C19H19BrN4O3. The third kappa shape index (κ3) is 3.80. The lowest BCUT2D eigenvalue weighted by Gasteiger charge is -2.06. The van der Waals surface area contributed by atoms with Crippen LogP contribution in [0.2, 0.25) is 0 Å². The van der Waals surface area contributed by atoms with Gasteiger partial charge in [0.05, 0.1) is 28.8 Å². The van der Waals surface area contributed by atoms with Crippen LogP contribution in [0.1, 0.15) is 28.7 Å². The summed E-state index contributed by atoms with van der Waals surface area (Å²) >= 11 is 3.24. The van der Waals surface area contributed by atoms with Crippen molar-refractivity contribution in [3.63, 3.8) is 0 Å². The molecule has 0 aliphatic rings. The molecule has 0 unspecified atom stereocenters. The Kier molecular flexibility index (Phi) is 5.46. The highest BCUT2D eigenvalue weighted by Gasteiger charge is 2.11. The smallest absolute Gasteiger partial charge is 0.271 e. The number of imidazole rings is 1. The molecule has 2 aromatic carbocycles. The minimum atomic E-state index is -0.332. The molecular weight excluding hydrogens is 412 g/mol. The number of ether oxygens (including phenoxy) is 1. The van der Waals surface area contributed by atoms with Crippen molar-refractivity contribution in [2.24, 2.45) is 5.10 Å². The maximum atomic E-state index is 12.4. The largest absolute Gasteiger partial charge is 0.503 e. The second-order valence-corrected chi connectivity index (χ2v) is 6.71. The Morgan fingerprint density at radius 1 is 1.41 bits per heavy atom. The Balaban J connectivity index is 1.77. The average Bonchev–Trinajstić information content (AvgIpc) is 2.98. The van der Waals surface area contributed by atoms with Crippen molar-refractivity contribution >= 4 is 39.1 Å². The highest BCUT2D eigenvalue weighted by molar-refractivity contribution is 9.10. The van der Waals surface area contributed by atoms with Crippen LogP contribution in [0.5, 0.6) is 11.5 Å². The standard InChI is InChI=1S/C19H19BrN4O3/c1-4-24-11(2)22-15-9-13(5-6-16(15)24)19(26)23-21-10-12-7-14(20)18(25)17(8-12)27-3/h5-10,25H,4H2,1-3H3,(H,23,26)/b21-10+. The lowest BCUT2D eigenvalue weighted by atomic mass is 10.2. The van der Waals surface area contributed by atoms with Crippen molar-refractivity contribution < 1.29 is 14.6 Å². The second kappa shape index (κ2) is 7.79. The molecule has 1 amide bonds. The summed E-state index contributed by atoms with van der Waals surface area (Å²) in [5, 5.41) is 13.8. The molecule has 1 heterocycles. The molecule has 7 nitrogen and oxygen atoms in total. The predicted octanol–water partition coefficient (Wildman–Crippen LogP) is 3.61. The minimum Gasteiger partial charge on any atom is -0.503 e. The zero-order valence-electron chi connectivity index (χ0n) is 15.2. The van der Waals surface area contributed by atoms with Crippen LogP contribution >= 0.6 is 15.9 Å². The molecule has 140 valence electrons. The van der Waals surface area contributed by atoms with Gasteiger partial charge < -0.3 is 14.4 Å². The fourth-order valence-electron chi connectivity index (χ4n) is 2.84. The van der Waals surface area contributed by atoms with Gasteiger partial charge in [-0.25, -0.2) is 10.4 Å². The van der Waals surface area contributed by atoms with Gasteiger partial charge in [-0.05, 0) is 65.7 Å². The Morgan fingerprint density at radius 3 is 2.89 bits per heavy atom. The molecule has 0 radical (unpaired) electrons. The van der Waals surface area contributed by atoms with E-state index in [4.69, 9.17) is 4.74 Å². The molecule has 2 N–H and O–H groups in total. The highest BCUT2D eigenvalue weighted by Crippen LogP contribution is 2.34. The number of methoxy groups -OCH3 is 1. The number of benzene rings is 2. The topological polar surface area (TPSA) is 88.7 Å². The van der Waals surface area contributed by atoms with E-state index in [0.717, 1.165) is 23.4 Å². The number of aryl methyl sites for hydroxylation is 2. The number of aromatic nitrogens is 2. The van der Waals surface area contributed by atoms with E-state index in [-0.39, 0.29) is 11.7 Å². The summed E-state index contributed by atoms with van der Waals surface area (Å²) in [6, 6.07) is 8.67. The van der Waals surface area contributed by atoms with E-state index in [1.165, 1.54) is 13.3 Å². The summed E-state index contributed by atoms with van der Waals surface area (Å²) in [4.78, 5) is 16.8. The predicted molar refractivity (Wildman–Crippen MR) is 108 cm³/mol. The van der Waals surface area contributed by atoms with Gasteiger partial charge in [0.1, 0.15) is 5.82 Å². The van der Waals surface area contributed by atoms with Crippen LogP contribution in [0.4, 0.5) is 0 Å². The Morgan fingerprint density at radius 2 is 2.19 bits per heavy atom. The molecule has 0 aliphatic carbocycles. The third-order valence-electron chi connectivity index (χ3n) is 4.17. The first-order valence-corrected chi connectivity index (χ1v) is 9.10. The first-order valence-electron chi connectivity index (χ1n) is 8.31. The molecule has 0 aliphatic heterocycles. The van der Waals surface area contributed by atoms with Gasteiger partial charge in [-0.3, -0.25) is 4.79 Å². The maximum absolute atomic E-state index is 12.4. The number of carbonyl (C=O) groups is 1. The van der Waals surface area contributed by atoms with Gasteiger partial charge in [-0.2, -0.15) is 5.10 Å². The number of fused-ring (bicyclic) bond motifs is 1. The number of hydrogen-bond donors (Lipinski definition) is 2. The minimum absolute atomic E-state index is 0.00815. The summed E-state index contributed by atoms with van der Waals surface area (Å²) in [6.07, 6.45) is 1.47. The van der Waals surface area contributed by atoms with Crippen molar-refractivity contribution in [3.05, 3.63) is 51.8 Å². The number of carbonyl (C=O) groups excluding carboxylic acids is 1. The van der Waals surface area contributed by atoms with E-state index in [2.05, 4.69) is 42.9 Å². The van der Waals surface area contributed by atoms with Crippen LogP contribution in [0.3, 0.4) is 0 Å². The van der Waals surface area contributed by atoms with Gasteiger partial charge in [-0.1, -0.05) is 0 Å².